The van der Waals surface area contributed by atoms with Crippen molar-refractivity contribution in [2.24, 2.45) is 0 Å². The Morgan fingerprint density at radius 2 is 2.03 bits per heavy atom. The van der Waals surface area contributed by atoms with E-state index in [0.717, 1.165) is 16.8 Å². The van der Waals surface area contributed by atoms with Gasteiger partial charge in [0.2, 0.25) is 17.6 Å². The molecule has 1 amide bonds. The van der Waals surface area contributed by atoms with Gasteiger partial charge >= 0.3 is 0 Å². The number of aromatic nitrogens is 2. The van der Waals surface area contributed by atoms with E-state index >= 15 is 0 Å². The first-order chi connectivity index (χ1) is 14.1. The molecule has 0 spiro atoms. The molecular formula is C22H23N3O4. The van der Waals surface area contributed by atoms with Crippen molar-refractivity contribution in [2.45, 2.75) is 26.2 Å². The number of para-hydroxylation sites is 1. The van der Waals surface area contributed by atoms with Gasteiger partial charge in [-0.2, -0.15) is 4.98 Å². The first kappa shape index (κ1) is 19.0. The van der Waals surface area contributed by atoms with E-state index < -0.39 is 0 Å². The van der Waals surface area contributed by atoms with Gasteiger partial charge in [0.05, 0.1) is 19.6 Å². The second-order valence-corrected chi connectivity index (χ2v) is 6.95. The van der Waals surface area contributed by atoms with Gasteiger partial charge in [-0.05, 0) is 43.7 Å². The van der Waals surface area contributed by atoms with E-state index in [-0.39, 0.29) is 11.8 Å². The summed E-state index contributed by atoms with van der Waals surface area (Å²) in [5.41, 5.74) is 2.76. The van der Waals surface area contributed by atoms with Crippen molar-refractivity contribution < 1.29 is 18.8 Å². The summed E-state index contributed by atoms with van der Waals surface area (Å²) in [6, 6.07) is 13.4. The Hall–Kier alpha value is -3.35. The maximum atomic E-state index is 12.6. The number of ether oxygens (including phenoxy) is 2. The highest BCUT2D eigenvalue weighted by atomic mass is 16.5. The van der Waals surface area contributed by atoms with Gasteiger partial charge in [-0.3, -0.25) is 4.79 Å². The van der Waals surface area contributed by atoms with Crippen LogP contribution in [0.25, 0.3) is 11.4 Å². The van der Waals surface area contributed by atoms with Crippen LogP contribution in [0.1, 0.15) is 30.7 Å². The van der Waals surface area contributed by atoms with E-state index in [0.29, 0.717) is 42.8 Å². The van der Waals surface area contributed by atoms with Gasteiger partial charge in [-0.25, -0.2) is 0 Å². The zero-order chi connectivity index (χ0) is 20.4. The average molecular weight is 393 g/mol. The number of carbonyl (C=O) groups excluding carboxylic acids is 1. The van der Waals surface area contributed by atoms with Crippen LogP contribution in [0, 0.1) is 6.92 Å². The van der Waals surface area contributed by atoms with Crippen LogP contribution in [-0.4, -0.2) is 36.3 Å². The number of anilines is 1. The Morgan fingerprint density at radius 3 is 2.79 bits per heavy atom. The molecule has 2 heterocycles. The number of nitrogens with zero attached hydrogens (tertiary/aromatic N) is 3. The molecule has 1 saturated heterocycles. The number of aryl methyl sites for hydroxylation is 1. The summed E-state index contributed by atoms with van der Waals surface area (Å²) in [5, 5.41) is 4.11. The van der Waals surface area contributed by atoms with Gasteiger partial charge in [0.1, 0.15) is 0 Å². The van der Waals surface area contributed by atoms with Crippen LogP contribution in [0.4, 0.5) is 5.69 Å². The maximum Gasteiger partial charge on any atom is 0.232 e. The summed E-state index contributed by atoms with van der Waals surface area (Å²) in [6.45, 7) is 5.00. The first-order valence-electron chi connectivity index (χ1n) is 9.61. The van der Waals surface area contributed by atoms with Crippen molar-refractivity contribution in [3.63, 3.8) is 0 Å². The number of methoxy groups -OCH3 is 1. The molecule has 7 nitrogen and oxygen atoms in total. The molecule has 7 heteroatoms. The molecule has 1 atom stereocenters. The second-order valence-electron chi connectivity index (χ2n) is 6.95. The fraction of sp³-hybridized carbons (Fsp3) is 0.318. The van der Waals surface area contributed by atoms with Crippen LogP contribution in [0.2, 0.25) is 0 Å². The Kier molecular flexibility index (Phi) is 5.20. The van der Waals surface area contributed by atoms with E-state index in [4.69, 9.17) is 14.0 Å². The number of hydrogen-bond acceptors (Lipinski definition) is 6. The van der Waals surface area contributed by atoms with Gasteiger partial charge in [-0.15, -0.1) is 0 Å². The third-order valence-corrected chi connectivity index (χ3v) is 5.04. The smallest absolute Gasteiger partial charge is 0.232 e. The molecular weight excluding hydrogens is 370 g/mol. The summed E-state index contributed by atoms with van der Waals surface area (Å²) in [6.07, 6.45) is 0.350. The van der Waals surface area contributed by atoms with Gasteiger partial charge in [0.15, 0.2) is 11.5 Å². The van der Waals surface area contributed by atoms with Gasteiger partial charge < -0.3 is 18.9 Å². The first-order valence-corrected chi connectivity index (χ1v) is 9.61. The number of hydrogen-bond donors (Lipinski definition) is 0. The molecule has 1 fully saturated rings. The van der Waals surface area contributed by atoms with E-state index in [9.17, 15) is 4.79 Å². The zero-order valence-electron chi connectivity index (χ0n) is 16.7. The minimum atomic E-state index is -0.132. The Morgan fingerprint density at radius 1 is 1.21 bits per heavy atom. The van der Waals surface area contributed by atoms with Crippen LogP contribution in [-0.2, 0) is 4.79 Å². The fourth-order valence-electron chi connectivity index (χ4n) is 3.57. The molecule has 0 saturated carbocycles. The highest BCUT2D eigenvalue weighted by Gasteiger charge is 2.35. The lowest BCUT2D eigenvalue weighted by Crippen LogP contribution is -2.25. The average Bonchev–Trinajstić information content (AvgIpc) is 3.36. The van der Waals surface area contributed by atoms with E-state index in [1.165, 1.54) is 0 Å². The van der Waals surface area contributed by atoms with Crippen LogP contribution < -0.4 is 14.4 Å². The summed E-state index contributed by atoms with van der Waals surface area (Å²) >= 11 is 0. The molecule has 1 aromatic heterocycles. The van der Waals surface area contributed by atoms with Crippen LogP contribution in [0.3, 0.4) is 0 Å². The molecule has 3 aromatic rings. The topological polar surface area (TPSA) is 77.7 Å². The summed E-state index contributed by atoms with van der Waals surface area (Å²) < 4.78 is 16.4. The fourth-order valence-corrected chi connectivity index (χ4v) is 3.57. The largest absolute Gasteiger partial charge is 0.493 e. The lowest BCUT2D eigenvalue weighted by molar-refractivity contribution is -0.117. The zero-order valence-corrected chi connectivity index (χ0v) is 16.7. The van der Waals surface area contributed by atoms with Crippen LogP contribution in [0.15, 0.2) is 47.0 Å². The number of rotatable bonds is 6. The molecule has 29 heavy (non-hydrogen) atoms. The van der Waals surface area contributed by atoms with Crippen molar-refractivity contribution >= 4 is 11.6 Å². The third kappa shape index (κ3) is 3.68. The minimum absolute atomic E-state index is 0.0618. The lowest BCUT2D eigenvalue weighted by atomic mass is 10.1. The van der Waals surface area contributed by atoms with Crippen molar-refractivity contribution in [3.8, 4) is 22.9 Å². The van der Waals surface area contributed by atoms with Crippen molar-refractivity contribution in [2.75, 3.05) is 25.2 Å². The number of carbonyl (C=O) groups is 1. The molecule has 1 aliphatic heterocycles. The predicted octanol–water partition coefficient (Wildman–Crippen LogP) is 3.97. The van der Waals surface area contributed by atoms with Crippen LogP contribution in [0.5, 0.6) is 11.5 Å². The molecule has 0 aliphatic carbocycles. The predicted molar refractivity (Wildman–Crippen MR) is 108 cm³/mol. The summed E-state index contributed by atoms with van der Waals surface area (Å²) in [5.74, 6) is 2.13. The van der Waals surface area contributed by atoms with Crippen molar-refractivity contribution in [3.05, 3.63) is 53.9 Å². The molecule has 0 radical (unpaired) electrons. The molecule has 1 aliphatic rings. The van der Waals surface area contributed by atoms with Crippen molar-refractivity contribution in [1.29, 1.82) is 0 Å². The Bertz CT molecular complexity index is 1030. The number of benzene rings is 2. The van der Waals surface area contributed by atoms with Crippen LogP contribution >= 0.6 is 0 Å². The molecule has 150 valence electrons. The van der Waals surface area contributed by atoms with Crippen molar-refractivity contribution in [1.82, 2.24) is 10.1 Å². The quantitative estimate of drug-likeness (QED) is 0.631. The summed E-state index contributed by atoms with van der Waals surface area (Å²) in [4.78, 5) is 18.9. The maximum absolute atomic E-state index is 12.6. The lowest BCUT2D eigenvalue weighted by Gasteiger charge is -2.18. The van der Waals surface area contributed by atoms with E-state index in [1.807, 2.05) is 56.3 Å². The highest BCUT2D eigenvalue weighted by molar-refractivity contribution is 5.97. The number of amides is 1. The summed E-state index contributed by atoms with van der Waals surface area (Å²) in [7, 11) is 1.59. The molecule has 4 rings (SSSR count). The van der Waals surface area contributed by atoms with Gasteiger partial charge in [-0.1, -0.05) is 23.4 Å². The van der Waals surface area contributed by atoms with E-state index in [2.05, 4.69) is 10.1 Å². The normalized spacial score (nSPS) is 16.3. The Labute approximate surface area is 169 Å². The monoisotopic (exact) mass is 393 g/mol. The van der Waals surface area contributed by atoms with Gasteiger partial charge in [0, 0.05) is 24.2 Å². The van der Waals surface area contributed by atoms with Gasteiger partial charge in [0.25, 0.3) is 0 Å². The minimum Gasteiger partial charge on any atom is -0.493 e. The molecule has 0 N–H and O–H groups in total. The highest BCUT2D eigenvalue weighted by Crippen LogP contribution is 2.35. The Balaban J connectivity index is 1.56. The molecule has 1 unspecified atom stereocenters. The molecule has 2 aromatic carbocycles. The third-order valence-electron chi connectivity index (χ3n) is 5.04. The van der Waals surface area contributed by atoms with E-state index in [1.54, 1.807) is 12.0 Å². The SMILES string of the molecule is CCOc1ccc(-c2noc(C3CC(=O)N(c4ccccc4C)C3)n2)cc1OC. The second kappa shape index (κ2) is 7.95. The standard InChI is InChI=1S/C22H23N3O4/c1-4-28-18-10-9-15(11-19(18)27-3)21-23-22(29-24-21)16-12-20(26)25(13-16)17-8-6-5-7-14(17)2/h5-11,16H,4,12-13H2,1-3H3. The molecule has 0 bridgehead atoms.